The summed E-state index contributed by atoms with van der Waals surface area (Å²) in [4.78, 5) is 0. The van der Waals surface area contributed by atoms with Crippen LogP contribution in [0.1, 0.15) is 78.1 Å². The van der Waals surface area contributed by atoms with Crippen molar-refractivity contribution >= 4 is 11.8 Å². The van der Waals surface area contributed by atoms with E-state index in [9.17, 15) is 0 Å². The van der Waals surface area contributed by atoms with Gasteiger partial charge in [-0.05, 0) is 17.9 Å². The third-order valence-corrected chi connectivity index (χ3v) is 3.83. The van der Waals surface area contributed by atoms with Gasteiger partial charge in [0.25, 0.3) is 0 Å². The van der Waals surface area contributed by atoms with Crippen LogP contribution >= 0.6 is 11.8 Å². The minimum absolute atomic E-state index is 1.29. The van der Waals surface area contributed by atoms with E-state index in [2.05, 4.69) is 25.6 Å². The van der Waals surface area contributed by atoms with E-state index in [1.54, 1.807) is 0 Å². The normalized spacial score (nSPS) is 10.8. The fraction of sp³-hybridized carbons (Fsp3) is 1.00. The molecule has 0 aliphatic carbocycles. The van der Waals surface area contributed by atoms with Crippen molar-refractivity contribution in [2.75, 3.05) is 11.5 Å². The monoisotopic (exact) mass is 230 g/mol. The van der Waals surface area contributed by atoms with Gasteiger partial charge in [0.05, 0.1) is 0 Å². The Kier molecular flexibility index (Phi) is 14.7. The Morgan fingerprint density at radius 1 is 0.600 bits per heavy atom. The second kappa shape index (κ2) is 14.3. The van der Waals surface area contributed by atoms with Gasteiger partial charge in [0.15, 0.2) is 0 Å². The Morgan fingerprint density at radius 3 is 1.53 bits per heavy atom. The van der Waals surface area contributed by atoms with Gasteiger partial charge >= 0.3 is 0 Å². The third-order valence-electron chi connectivity index (χ3n) is 2.85. The molecule has 0 heterocycles. The first kappa shape index (κ1) is 15.3. The summed E-state index contributed by atoms with van der Waals surface area (Å²) < 4.78 is 0. The summed E-state index contributed by atoms with van der Waals surface area (Å²) in [6.45, 7) is 4.54. The third kappa shape index (κ3) is 14.4. The molecule has 0 amide bonds. The van der Waals surface area contributed by atoms with Crippen LogP contribution in [0.5, 0.6) is 0 Å². The minimum atomic E-state index is 1.29. The molecule has 0 radical (unpaired) electrons. The Morgan fingerprint density at radius 2 is 1.07 bits per heavy atom. The summed E-state index contributed by atoms with van der Waals surface area (Å²) in [5, 5.41) is 0. The molecule has 0 fully saturated rings. The van der Waals surface area contributed by atoms with Gasteiger partial charge in [0.1, 0.15) is 0 Å². The summed E-state index contributed by atoms with van der Waals surface area (Å²) in [5.74, 6) is 2.67. The molecule has 0 aromatic carbocycles. The van der Waals surface area contributed by atoms with Crippen LogP contribution in [-0.4, -0.2) is 11.5 Å². The van der Waals surface area contributed by atoms with E-state index in [1.165, 1.54) is 75.7 Å². The number of rotatable bonds is 12. The van der Waals surface area contributed by atoms with Gasteiger partial charge in [0, 0.05) is 0 Å². The maximum atomic E-state index is 2.29. The first-order chi connectivity index (χ1) is 7.41. The Labute approximate surface area is 102 Å². The highest BCUT2D eigenvalue weighted by Crippen LogP contribution is 2.11. The number of thioether (sulfide) groups is 1. The summed E-state index contributed by atoms with van der Waals surface area (Å²) in [5.41, 5.74) is 0. The highest BCUT2D eigenvalue weighted by Gasteiger charge is 1.92. The maximum Gasteiger partial charge on any atom is -0.00676 e. The molecule has 0 unspecified atom stereocenters. The molecule has 0 aliphatic heterocycles. The second-order valence-corrected chi connectivity index (χ2v) is 5.77. The van der Waals surface area contributed by atoms with Gasteiger partial charge in [-0.25, -0.2) is 0 Å². The molecule has 92 valence electrons. The summed E-state index contributed by atoms with van der Waals surface area (Å²) >= 11 is 2.09. The lowest BCUT2D eigenvalue weighted by Crippen LogP contribution is -1.84. The fourth-order valence-corrected chi connectivity index (χ4v) is 2.53. The quantitative estimate of drug-likeness (QED) is 0.390. The largest absolute Gasteiger partial charge is 0.162 e. The molecular formula is C14H30S. The zero-order chi connectivity index (χ0) is 11.2. The van der Waals surface area contributed by atoms with Crippen LogP contribution in [0.2, 0.25) is 0 Å². The summed E-state index contributed by atoms with van der Waals surface area (Å²) in [6.07, 6.45) is 14.5. The molecule has 0 nitrogen and oxygen atoms in total. The van der Waals surface area contributed by atoms with Crippen molar-refractivity contribution in [3.05, 3.63) is 0 Å². The zero-order valence-electron chi connectivity index (χ0n) is 10.9. The smallest absolute Gasteiger partial charge is 0.00676 e. The van der Waals surface area contributed by atoms with Crippen molar-refractivity contribution in [2.45, 2.75) is 78.1 Å². The van der Waals surface area contributed by atoms with Crippen LogP contribution < -0.4 is 0 Å². The molecule has 15 heavy (non-hydrogen) atoms. The van der Waals surface area contributed by atoms with E-state index >= 15 is 0 Å². The molecule has 0 aromatic heterocycles. The Bertz CT molecular complexity index is 89.5. The molecule has 0 rings (SSSR count). The molecule has 0 aliphatic rings. The lowest BCUT2D eigenvalue weighted by molar-refractivity contribution is 0.563. The van der Waals surface area contributed by atoms with Crippen molar-refractivity contribution < 1.29 is 0 Å². The second-order valence-electron chi connectivity index (χ2n) is 4.38. The molecular weight excluding hydrogens is 200 g/mol. The van der Waals surface area contributed by atoms with Crippen molar-refractivity contribution in [2.24, 2.45) is 0 Å². The summed E-state index contributed by atoms with van der Waals surface area (Å²) in [6, 6.07) is 0. The molecule has 0 aromatic rings. The number of hydrogen-bond acceptors (Lipinski definition) is 1. The first-order valence-corrected chi connectivity index (χ1v) is 8.15. The average Bonchev–Trinajstić information content (AvgIpc) is 2.26. The highest BCUT2D eigenvalue weighted by molar-refractivity contribution is 7.99. The maximum absolute atomic E-state index is 2.29. The Balaban J connectivity index is 2.81. The van der Waals surface area contributed by atoms with E-state index in [0.29, 0.717) is 0 Å². The number of hydrogen-bond donors (Lipinski definition) is 0. The standard InChI is InChI=1S/C14H30S/c1-3-5-6-7-8-9-10-11-12-13-14-15-4-2/h3-14H2,1-2H3. The molecule has 0 N–H and O–H groups in total. The fourth-order valence-electron chi connectivity index (χ4n) is 1.84. The zero-order valence-corrected chi connectivity index (χ0v) is 11.7. The van der Waals surface area contributed by atoms with Crippen LogP contribution in [0, 0.1) is 0 Å². The molecule has 0 atom stereocenters. The van der Waals surface area contributed by atoms with Crippen molar-refractivity contribution in [3.8, 4) is 0 Å². The highest BCUT2D eigenvalue weighted by atomic mass is 32.2. The van der Waals surface area contributed by atoms with Crippen LogP contribution in [0.15, 0.2) is 0 Å². The van der Waals surface area contributed by atoms with E-state index in [1.807, 2.05) is 0 Å². The van der Waals surface area contributed by atoms with Crippen molar-refractivity contribution in [1.82, 2.24) is 0 Å². The first-order valence-electron chi connectivity index (χ1n) is 6.99. The van der Waals surface area contributed by atoms with Crippen molar-refractivity contribution in [1.29, 1.82) is 0 Å². The SMILES string of the molecule is CCCCCCCCCCCCSCC. The molecule has 1 heteroatoms. The average molecular weight is 230 g/mol. The van der Waals surface area contributed by atoms with E-state index in [4.69, 9.17) is 0 Å². The van der Waals surface area contributed by atoms with Crippen LogP contribution in [0.25, 0.3) is 0 Å². The van der Waals surface area contributed by atoms with Gasteiger partial charge in [-0.1, -0.05) is 71.6 Å². The van der Waals surface area contributed by atoms with Gasteiger partial charge < -0.3 is 0 Å². The van der Waals surface area contributed by atoms with Gasteiger partial charge in [-0.2, -0.15) is 11.8 Å². The molecule has 0 bridgehead atoms. The molecule has 0 saturated heterocycles. The minimum Gasteiger partial charge on any atom is -0.162 e. The van der Waals surface area contributed by atoms with Crippen molar-refractivity contribution in [3.63, 3.8) is 0 Å². The van der Waals surface area contributed by atoms with E-state index < -0.39 is 0 Å². The van der Waals surface area contributed by atoms with Gasteiger partial charge in [-0.3, -0.25) is 0 Å². The lowest BCUT2D eigenvalue weighted by Gasteiger charge is -2.01. The predicted octanol–water partition coefficient (Wildman–Crippen LogP) is 5.66. The Hall–Kier alpha value is 0.350. The summed E-state index contributed by atoms with van der Waals surface area (Å²) in [7, 11) is 0. The van der Waals surface area contributed by atoms with E-state index in [0.717, 1.165) is 0 Å². The number of unbranched alkanes of at least 4 members (excludes halogenated alkanes) is 9. The molecule has 0 saturated carbocycles. The lowest BCUT2D eigenvalue weighted by atomic mass is 10.1. The van der Waals surface area contributed by atoms with Crippen LogP contribution in [0.4, 0.5) is 0 Å². The topological polar surface area (TPSA) is 0 Å². The predicted molar refractivity (Wildman–Crippen MR) is 74.8 cm³/mol. The van der Waals surface area contributed by atoms with Crippen LogP contribution in [-0.2, 0) is 0 Å². The molecule has 0 spiro atoms. The van der Waals surface area contributed by atoms with Gasteiger partial charge in [-0.15, -0.1) is 0 Å². The van der Waals surface area contributed by atoms with Crippen LogP contribution in [0.3, 0.4) is 0 Å². The van der Waals surface area contributed by atoms with E-state index in [-0.39, 0.29) is 0 Å². The van der Waals surface area contributed by atoms with Gasteiger partial charge in [0.2, 0.25) is 0 Å².